The van der Waals surface area contributed by atoms with E-state index in [1.165, 1.54) is 37.5 Å². The molecule has 0 aliphatic heterocycles. The van der Waals surface area contributed by atoms with Crippen LogP contribution in [0.3, 0.4) is 0 Å². The number of nitrogens with one attached hydrogen (secondary N) is 1. The minimum absolute atomic E-state index is 0.133. The number of amidine groups is 1. The van der Waals surface area contributed by atoms with Crippen molar-refractivity contribution in [2.75, 3.05) is 26.1 Å². The van der Waals surface area contributed by atoms with E-state index in [0.717, 1.165) is 6.07 Å². The Kier molecular flexibility index (Phi) is 8.60. The summed E-state index contributed by atoms with van der Waals surface area (Å²) < 4.78 is 45.4. The number of aryl methyl sites for hydroxylation is 2. The van der Waals surface area contributed by atoms with Gasteiger partial charge in [-0.05, 0) is 31.9 Å². The van der Waals surface area contributed by atoms with Crippen molar-refractivity contribution in [1.82, 2.24) is 19.9 Å². The second kappa shape index (κ2) is 11.9. The predicted octanol–water partition coefficient (Wildman–Crippen LogP) is 4.86. The van der Waals surface area contributed by atoms with E-state index in [2.05, 4.69) is 30.2 Å². The number of oxazole rings is 1. The Hall–Kier alpha value is -3.84. The number of ether oxygens (including phenoxy) is 2. The zero-order chi connectivity index (χ0) is 28.2. The molecule has 3 heterocycles. The second-order valence-electron chi connectivity index (χ2n) is 9.07. The highest BCUT2D eigenvalue weighted by Crippen LogP contribution is 2.33. The van der Waals surface area contributed by atoms with Gasteiger partial charge < -0.3 is 24.9 Å². The Morgan fingerprint density at radius 2 is 2.00 bits per heavy atom. The summed E-state index contributed by atoms with van der Waals surface area (Å²) in [6.45, 7) is 5.89. The van der Waals surface area contributed by atoms with Crippen LogP contribution in [0.2, 0.25) is 0 Å². The third kappa shape index (κ3) is 6.79. The molecule has 0 aliphatic carbocycles. The number of aliphatic imine (C=N–C) groups is 1. The summed E-state index contributed by atoms with van der Waals surface area (Å²) in [7, 11) is 3.10. The number of fused-ring (bicyclic) bond motifs is 1. The molecule has 0 amide bonds. The number of benzene rings is 1. The summed E-state index contributed by atoms with van der Waals surface area (Å²) in [6.07, 6.45) is 3.01. The van der Waals surface area contributed by atoms with E-state index in [1.54, 1.807) is 20.0 Å². The van der Waals surface area contributed by atoms with E-state index in [-0.39, 0.29) is 25.2 Å². The number of hydrogen-bond acceptors (Lipinski definition) is 10. The van der Waals surface area contributed by atoms with Crippen molar-refractivity contribution in [3.63, 3.8) is 0 Å². The summed E-state index contributed by atoms with van der Waals surface area (Å²) in [6, 6.07) is 4.30. The Morgan fingerprint density at radius 1 is 1.21 bits per heavy atom. The minimum Gasteiger partial charge on any atom is -0.485 e. The highest BCUT2D eigenvalue weighted by Gasteiger charge is 2.29. The van der Waals surface area contributed by atoms with Gasteiger partial charge in [-0.1, -0.05) is 11.8 Å². The van der Waals surface area contributed by atoms with Crippen molar-refractivity contribution in [1.29, 1.82) is 0 Å². The van der Waals surface area contributed by atoms with Gasteiger partial charge in [-0.3, -0.25) is 4.99 Å². The van der Waals surface area contributed by atoms with Crippen molar-refractivity contribution in [3.05, 3.63) is 65.3 Å². The topological polar surface area (TPSA) is 134 Å². The van der Waals surface area contributed by atoms with E-state index in [4.69, 9.17) is 19.6 Å². The Bertz CT molecular complexity index is 1510. The Morgan fingerprint density at radius 3 is 2.69 bits per heavy atom. The summed E-state index contributed by atoms with van der Waals surface area (Å²) in [4.78, 5) is 21.2. The van der Waals surface area contributed by atoms with Gasteiger partial charge in [0.15, 0.2) is 28.5 Å². The maximum Gasteiger partial charge on any atom is 0.191 e. The number of rotatable bonds is 10. The Balaban J connectivity index is 1.58. The first kappa shape index (κ1) is 28.2. The number of nitrogens with two attached hydrogens (primary N) is 1. The molecule has 0 unspecified atom stereocenters. The molecule has 0 fully saturated rings. The van der Waals surface area contributed by atoms with Crippen LogP contribution in [-0.4, -0.2) is 50.6 Å². The van der Waals surface area contributed by atoms with Gasteiger partial charge in [-0.15, -0.1) is 0 Å². The van der Waals surface area contributed by atoms with Crippen LogP contribution >= 0.6 is 11.8 Å². The average Bonchev–Trinajstić information content (AvgIpc) is 3.22. The van der Waals surface area contributed by atoms with Crippen LogP contribution in [0.25, 0.3) is 11.0 Å². The first-order chi connectivity index (χ1) is 18.6. The predicted molar refractivity (Wildman–Crippen MR) is 146 cm³/mol. The molecule has 0 radical (unpaired) electrons. The van der Waals surface area contributed by atoms with Crippen molar-refractivity contribution >= 4 is 39.5 Å². The fraction of sp³-hybridized carbons (Fsp3) is 0.346. The van der Waals surface area contributed by atoms with Gasteiger partial charge in [0, 0.05) is 43.6 Å². The quantitative estimate of drug-likeness (QED) is 0.206. The van der Waals surface area contributed by atoms with Crippen molar-refractivity contribution < 1.29 is 22.7 Å². The molecule has 13 heteroatoms. The van der Waals surface area contributed by atoms with Gasteiger partial charge in [0.2, 0.25) is 0 Å². The van der Waals surface area contributed by atoms with Gasteiger partial charge in [-0.2, -0.15) is 0 Å². The molecule has 3 N–H and O–H groups in total. The van der Waals surface area contributed by atoms with Gasteiger partial charge in [0.1, 0.15) is 35.7 Å². The summed E-state index contributed by atoms with van der Waals surface area (Å²) in [5.74, 6) is 0.101. The second-order valence-corrected chi connectivity index (χ2v) is 10.7. The third-order valence-electron chi connectivity index (χ3n) is 5.78. The molecule has 4 rings (SSSR count). The van der Waals surface area contributed by atoms with Gasteiger partial charge >= 0.3 is 0 Å². The number of anilines is 2. The average molecular weight is 558 g/mol. The van der Waals surface area contributed by atoms with E-state index in [0.29, 0.717) is 50.8 Å². The lowest BCUT2D eigenvalue weighted by Gasteiger charge is -2.28. The molecule has 39 heavy (non-hydrogen) atoms. The molecular formula is C26H29F2N7O3S. The number of halogens is 2. The zero-order valence-corrected chi connectivity index (χ0v) is 23.0. The fourth-order valence-corrected chi connectivity index (χ4v) is 5.06. The van der Waals surface area contributed by atoms with Crippen LogP contribution in [0, 0.1) is 25.5 Å². The lowest BCUT2D eigenvalue weighted by molar-refractivity contribution is 0.173. The standard InChI is InChI=1S/C26H29F2N7O3S/c1-14-21(34-15(2)38-14)11-37-18-8-20-23(31-10-18)24(33-13-32-20)35-17-6-16(22(28)19(27)7-17)9-26(3,12-36-5)39-25(29)30-4/h6-8,10,13H,9,11-12H2,1-5H3,(H2,29,30)(H,32,33,35)/t26-/m1/s1. The monoisotopic (exact) mass is 557 g/mol. The van der Waals surface area contributed by atoms with E-state index in [1.807, 2.05) is 13.8 Å². The van der Waals surface area contributed by atoms with Crippen LogP contribution in [0.1, 0.15) is 29.8 Å². The van der Waals surface area contributed by atoms with Gasteiger partial charge in [0.25, 0.3) is 0 Å². The first-order valence-electron chi connectivity index (χ1n) is 11.9. The maximum atomic E-state index is 14.9. The number of hydrogen-bond donors (Lipinski definition) is 2. The summed E-state index contributed by atoms with van der Waals surface area (Å²) >= 11 is 1.24. The molecule has 0 bridgehead atoms. The largest absolute Gasteiger partial charge is 0.485 e. The van der Waals surface area contributed by atoms with Gasteiger partial charge in [-0.25, -0.2) is 28.7 Å². The van der Waals surface area contributed by atoms with Crippen LogP contribution in [0.15, 0.2) is 40.1 Å². The first-order valence-corrected chi connectivity index (χ1v) is 12.7. The fourth-order valence-electron chi connectivity index (χ4n) is 4.06. The molecule has 0 saturated heterocycles. The molecule has 0 spiro atoms. The van der Waals surface area contributed by atoms with Crippen LogP contribution in [0.4, 0.5) is 20.3 Å². The summed E-state index contributed by atoms with van der Waals surface area (Å²) in [5.41, 5.74) is 7.96. The van der Waals surface area contributed by atoms with Gasteiger partial charge in [0.05, 0.1) is 18.3 Å². The summed E-state index contributed by atoms with van der Waals surface area (Å²) in [5, 5.41) is 3.36. The van der Waals surface area contributed by atoms with Crippen molar-refractivity contribution in [2.45, 2.75) is 38.5 Å². The molecule has 1 atom stereocenters. The minimum atomic E-state index is -1.00. The SMILES string of the molecule is C/N=C(/N)S[C@@](C)(COC)Cc1cc(Nc2ncnc3cc(OCc4nc(C)oc4C)cnc23)cc(F)c1F. The normalized spacial score (nSPS) is 13.5. The molecule has 10 nitrogen and oxygen atoms in total. The van der Waals surface area contributed by atoms with Crippen LogP contribution in [0.5, 0.6) is 5.75 Å². The zero-order valence-electron chi connectivity index (χ0n) is 22.2. The molecular weight excluding hydrogens is 528 g/mol. The maximum absolute atomic E-state index is 14.9. The number of methoxy groups -OCH3 is 1. The number of pyridine rings is 1. The number of thioether (sulfide) groups is 1. The van der Waals surface area contributed by atoms with Crippen LogP contribution in [-0.2, 0) is 17.8 Å². The number of aromatic nitrogens is 4. The molecule has 206 valence electrons. The van der Waals surface area contributed by atoms with E-state index >= 15 is 0 Å². The van der Waals surface area contributed by atoms with Crippen LogP contribution < -0.4 is 15.8 Å². The molecule has 1 aromatic carbocycles. The smallest absolute Gasteiger partial charge is 0.191 e. The van der Waals surface area contributed by atoms with Crippen molar-refractivity contribution in [3.8, 4) is 5.75 Å². The highest BCUT2D eigenvalue weighted by atomic mass is 32.2. The lowest BCUT2D eigenvalue weighted by atomic mass is 9.99. The number of nitrogens with zero attached hydrogens (tertiary/aromatic N) is 5. The molecule has 0 saturated carbocycles. The van der Waals surface area contributed by atoms with E-state index < -0.39 is 16.4 Å². The third-order valence-corrected chi connectivity index (χ3v) is 6.92. The lowest BCUT2D eigenvalue weighted by Crippen LogP contribution is -2.33. The van der Waals surface area contributed by atoms with Crippen molar-refractivity contribution in [2.24, 2.45) is 10.7 Å². The molecule has 0 aliphatic rings. The molecule has 4 aromatic rings. The molecule has 3 aromatic heterocycles. The highest BCUT2D eigenvalue weighted by molar-refractivity contribution is 8.15. The van der Waals surface area contributed by atoms with E-state index in [9.17, 15) is 8.78 Å². The Labute approximate surface area is 228 Å².